The number of carbonyl (C=O) groups excluding carboxylic acids is 1. The smallest absolute Gasteiger partial charge is 0.234 e. The van der Waals surface area contributed by atoms with Crippen molar-refractivity contribution in [1.82, 2.24) is 5.16 Å². The standard InChI is InChI=1S/C15H13ClN2O2/c1-2-10-7-14(19)18(9-10)15-8-13(17-20-15)11-5-3-4-6-12(11)16/h2-6,8,10H,1,7,9H2. The SMILES string of the molecule is C=CC1CC(=O)N(c2cc(-c3ccccc3Cl)no2)C1. The molecule has 102 valence electrons. The molecule has 4 nitrogen and oxygen atoms in total. The lowest BCUT2D eigenvalue weighted by molar-refractivity contribution is -0.117. The van der Waals surface area contributed by atoms with Crippen LogP contribution in [0.2, 0.25) is 5.02 Å². The van der Waals surface area contributed by atoms with Crippen molar-refractivity contribution < 1.29 is 9.32 Å². The quantitative estimate of drug-likeness (QED) is 0.812. The molecule has 1 amide bonds. The van der Waals surface area contributed by atoms with Crippen LogP contribution in [0.4, 0.5) is 5.88 Å². The maximum absolute atomic E-state index is 11.9. The first-order valence-electron chi connectivity index (χ1n) is 6.33. The van der Waals surface area contributed by atoms with Gasteiger partial charge in [0.25, 0.3) is 0 Å². The predicted octanol–water partition coefficient (Wildman–Crippen LogP) is 3.53. The first kappa shape index (κ1) is 12.9. The number of amides is 1. The molecule has 1 unspecified atom stereocenters. The minimum absolute atomic E-state index is 0.0248. The van der Waals surface area contributed by atoms with Gasteiger partial charge in [-0.3, -0.25) is 9.69 Å². The van der Waals surface area contributed by atoms with Crippen LogP contribution in [0.25, 0.3) is 11.3 Å². The Morgan fingerprint density at radius 1 is 1.45 bits per heavy atom. The molecular weight excluding hydrogens is 276 g/mol. The van der Waals surface area contributed by atoms with Crippen LogP contribution in [0.15, 0.2) is 47.5 Å². The number of rotatable bonds is 3. The fourth-order valence-corrected chi connectivity index (χ4v) is 2.53. The monoisotopic (exact) mass is 288 g/mol. The minimum Gasteiger partial charge on any atom is -0.338 e. The van der Waals surface area contributed by atoms with Gasteiger partial charge in [-0.25, -0.2) is 0 Å². The summed E-state index contributed by atoms with van der Waals surface area (Å²) in [6, 6.07) is 9.13. The van der Waals surface area contributed by atoms with Crippen LogP contribution in [0, 0.1) is 5.92 Å². The summed E-state index contributed by atoms with van der Waals surface area (Å²) < 4.78 is 5.28. The Labute approximate surface area is 121 Å². The topological polar surface area (TPSA) is 46.3 Å². The van der Waals surface area contributed by atoms with E-state index in [1.54, 1.807) is 23.1 Å². The molecule has 0 bridgehead atoms. The second-order valence-corrected chi connectivity index (χ2v) is 5.14. The van der Waals surface area contributed by atoms with E-state index in [-0.39, 0.29) is 11.8 Å². The number of carbonyl (C=O) groups is 1. The third-order valence-corrected chi connectivity index (χ3v) is 3.73. The van der Waals surface area contributed by atoms with Crippen LogP contribution in [0.1, 0.15) is 6.42 Å². The highest BCUT2D eigenvalue weighted by molar-refractivity contribution is 6.33. The van der Waals surface area contributed by atoms with E-state index in [0.29, 0.717) is 29.6 Å². The highest BCUT2D eigenvalue weighted by atomic mass is 35.5. The van der Waals surface area contributed by atoms with Crippen LogP contribution in [-0.2, 0) is 4.79 Å². The summed E-state index contributed by atoms with van der Waals surface area (Å²) in [5.74, 6) is 0.641. The second kappa shape index (κ2) is 5.13. The predicted molar refractivity (Wildman–Crippen MR) is 77.6 cm³/mol. The first-order chi connectivity index (χ1) is 9.69. The van der Waals surface area contributed by atoms with Gasteiger partial charge in [-0.2, -0.15) is 0 Å². The van der Waals surface area contributed by atoms with Crippen molar-refractivity contribution in [1.29, 1.82) is 0 Å². The molecule has 0 radical (unpaired) electrons. The number of halogens is 1. The number of hydrogen-bond acceptors (Lipinski definition) is 3. The van der Waals surface area contributed by atoms with Crippen LogP contribution >= 0.6 is 11.6 Å². The van der Waals surface area contributed by atoms with E-state index in [9.17, 15) is 4.79 Å². The van der Waals surface area contributed by atoms with Gasteiger partial charge in [-0.05, 0) is 6.07 Å². The van der Waals surface area contributed by atoms with Crippen molar-refractivity contribution in [2.75, 3.05) is 11.4 Å². The van der Waals surface area contributed by atoms with Crippen molar-refractivity contribution in [2.24, 2.45) is 5.92 Å². The molecule has 3 rings (SSSR count). The Bertz CT molecular complexity index is 665. The lowest BCUT2D eigenvalue weighted by atomic mass is 10.1. The summed E-state index contributed by atoms with van der Waals surface area (Å²) in [6.07, 6.45) is 2.26. The van der Waals surface area contributed by atoms with Crippen LogP contribution in [-0.4, -0.2) is 17.6 Å². The molecule has 0 aliphatic carbocycles. The largest absolute Gasteiger partial charge is 0.338 e. The zero-order valence-electron chi connectivity index (χ0n) is 10.8. The molecule has 1 atom stereocenters. The average molecular weight is 289 g/mol. The number of anilines is 1. The van der Waals surface area contributed by atoms with Gasteiger partial charge in [0.2, 0.25) is 11.8 Å². The van der Waals surface area contributed by atoms with E-state index < -0.39 is 0 Å². The highest BCUT2D eigenvalue weighted by Crippen LogP contribution is 2.32. The van der Waals surface area contributed by atoms with E-state index in [2.05, 4.69) is 11.7 Å². The van der Waals surface area contributed by atoms with Crippen LogP contribution in [0.5, 0.6) is 0 Å². The summed E-state index contributed by atoms with van der Waals surface area (Å²) in [5, 5.41) is 4.60. The summed E-state index contributed by atoms with van der Waals surface area (Å²) in [7, 11) is 0. The minimum atomic E-state index is 0.0248. The third-order valence-electron chi connectivity index (χ3n) is 3.40. The maximum atomic E-state index is 11.9. The van der Waals surface area contributed by atoms with E-state index in [0.717, 1.165) is 5.56 Å². The molecule has 0 spiro atoms. The van der Waals surface area contributed by atoms with Gasteiger partial charge in [0.15, 0.2) is 0 Å². The molecule has 20 heavy (non-hydrogen) atoms. The first-order valence-corrected chi connectivity index (χ1v) is 6.71. The second-order valence-electron chi connectivity index (χ2n) is 4.73. The van der Waals surface area contributed by atoms with E-state index in [1.165, 1.54) is 0 Å². The summed E-state index contributed by atoms with van der Waals surface area (Å²) in [6.45, 7) is 4.31. The Morgan fingerprint density at radius 3 is 2.95 bits per heavy atom. The maximum Gasteiger partial charge on any atom is 0.234 e. The molecule has 1 aromatic heterocycles. The molecular formula is C15H13ClN2O2. The molecule has 5 heteroatoms. The number of aromatic nitrogens is 1. The van der Waals surface area contributed by atoms with Gasteiger partial charge in [0.05, 0.1) is 5.02 Å². The van der Waals surface area contributed by atoms with Crippen LogP contribution in [0.3, 0.4) is 0 Å². The lowest BCUT2D eigenvalue weighted by Crippen LogP contribution is -2.23. The van der Waals surface area contributed by atoms with E-state index >= 15 is 0 Å². The van der Waals surface area contributed by atoms with Crippen molar-refractivity contribution in [2.45, 2.75) is 6.42 Å². The van der Waals surface area contributed by atoms with Gasteiger partial charge < -0.3 is 4.52 Å². The van der Waals surface area contributed by atoms with Gasteiger partial charge in [0, 0.05) is 30.5 Å². The Hall–Kier alpha value is -2.07. The molecule has 2 aromatic rings. The summed E-state index contributed by atoms with van der Waals surface area (Å²) in [4.78, 5) is 13.5. The van der Waals surface area contributed by atoms with Gasteiger partial charge >= 0.3 is 0 Å². The molecule has 1 saturated heterocycles. The third kappa shape index (κ3) is 2.23. The Balaban J connectivity index is 1.90. The van der Waals surface area contributed by atoms with Crippen LogP contribution < -0.4 is 4.90 Å². The number of benzene rings is 1. The molecule has 1 aliphatic rings. The summed E-state index contributed by atoms with van der Waals surface area (Å²) >= 11 is 6.13. The van der Waals surface area contributed by atoms with Crippen molar-refractivity contribution in [3.8, 4) is 11.3 Å². The fraction of sp³-hybridized carbons (Fsp3) is 0.200. The Kier molecular flexibility index (Phi) is 3.32. The molecule has 1 aliphatic heterocycles. The van der Waals surface area contributed by atoms with E-state index in [1.807, 2.05) is 18.2 Å². The van der Waals surface area contributed by atoms with Crippen molar-refractivity contribution in [3.63, 3.8) is 0 Å². The Morgan fingerprint density at radius 2 is 2.25 bits per heavy atom. The molecule has 2 heterocycles. The van der Waals surface area contributed by atoms with Gasteiger partial charge in [-0.1, -0.05) is 41.0 Å². The zero-order valence-corrected chi connectivity index (χ0v) is 11.5. The molecule has 1 fully saturated rings. The normalized spacial score (nSPS) is 18.6. The average Bonchev–Trinajstić information content (AvgIpc) is 3.05. The number of nitrogens with zero attached hydrogens (tertiary/aromatic N) is 2. The molecule has 0 saturated carbocycles. The molecule has 0 N–H and O–H groups in total. The number of hydrogen-bond donors (Lipinski definition) is 0. The highest BCUT2D eigenvalue weighted by Gasteiger charge is 2.31. The van der Waals surface area contributed by atoms with E-state index in [4.69, 9.17) is 16.1 Å². The lowest BCUT2D eigenvalue weighted by Gasteiger charge is -2.10. The zero-order chi connectivity index (χ0) is 14.1. The summed E-state index contributed by atoms with van der Waals surface area (Å²) in [5.41, 5.74) is 1.41. The fourth-order valence-electron chi connectivity index (χ4n) is 2.29. The van der Waals surface area contributed by atoms with Gasteiger partial charge in [0.1, 0.15) is 5.69 Å². The molecule has 1 aromatic carbocycles. The van der Waals surface area contributed by atoms with Gasteiger partial charge in [-0.15, -0.1) is 6.58 Å². The van der Waals surface area contributed by atoms with Crippen molar-refractivity contribution >= 4 is 23.4 Å². The van der Waals surface area contributed by atoms with Crippen molar-refractivity contribution in [3.05, 3.63) is 48.0 Å².